The number of hydrogen-bond donors (Lipinski definition) is 0. The molecule has 0 saturated carbocycles. The van der Waals surface area contributed by atoms with Crippen molar-refractivity contribution in [1.29, 1.82) is 0 Å². The van der Waals surface area contributed by atoms with Crippen molar-refractivity contribution in [2.45, 2.75) is 19.1 Å². The third-order valence-corrected chi connectivity index (χ3v) is 4.33. The van der Waals surface area contributed by atoms with Crippen LogP contribution in [0.3, 0.4) is 0 Å². The van der Waals surface area contributed by atoms with Crippen LogP contribution in [0.4, 0.5) is 0 Å². The zero-order valence-corrected chi connectivity index (χ0v) is 15.3. The van der Waals surface area contributed by atoms with Gasteiger partial charge in [-0.05, 0) is 12.1 Å². The zero-order chi connectivity index (χ0) is 19.5. The van der Waals surface area contributed by atoms with Gasteiger partial charge in [0.2, 0.25) is 5.82 Å². The van der Waals surface area contributed by atoms with Crippen molar-refractivity contribution in [3.63, 3.8) is 0 Å². The fourth-order valence-corrected chi connectivity index (χ4v) is 3.02. The average molecular weight is 396 g/mol. The number of fused-ring (bicyclic) bond motifs is 3. The number of pyridine rings is 1. The van der Waals surface area contributed by atoms with Gasteiger partial charge < -0.3 is 9.53 Å². The van der Waals surface area contributed by atoms with E-state index in [0.29, 0.717) is 34.4 Å². The Hall–Kier alpha value is -3.39. The molecule has 0 spiro atoms. The molecule has 1 unspecified atom stereocenters. The molecule has 2 aromatic heterocycles. The first-order valence-corrected chi connectivity index (χ1v) is 8.88. The number of halogens is 1. The Balaban J connectivity index is 1.87. The summed E-state index contributed by atoms with van der Waals surface area (Å²) in [5, 5.41) is 8.30. The summed E-state index contributed by atoms with van der Waals surface area (Å²) in [5.41, 5.74) is 2.48. The molecule has 0 amide bonds. The van der Waals surface area contributed by atoms with E-state index in [1.807, 2.05) is 30.3 Å². The van der Waals surface area contributed by atoms with E-state index in [2.05, 4.69) is 20.2 Å². The summed E-state index contributed by atoms with van der Waals surface area (Å²) in [5.74, 6) is -0.226. The van der Waals surface area contributed by atoms with E-state index in [1.165, 1.54) is 6.33 Å². The van der Waals surface area contributed by atoms with Crippen LogP contribution in [0.5, 0.6) is 0 Å². The van der Waals surface area contributed by atoms with Crippen LogP contribution >= 0.6 is 11.6 Å². The number of aromatic nitrogens is 4. The van der Waals surface area contributed by atoms with Gasteiger partial charge in [0, 0.05) is 12.0 Å². The van der Waals surface area contributed by atoms with Crippen LogP contribution in [0.2, 0.25) is 5.15 Å². The van der Waals surface area contributed by atoms with Gasteiger partial charge in [-0.15, -0.1) is 10.2 Å². The maximum Gasteiger partial charge on any atom is 0.308 e. The van der Waals surface area contributed by atoms with Crippen molar-refractivity contribution in [3.05, 3.63) is 71.0 Å². The van der Waals surface area contributed by atoms with Gasteiger partial charge in [0.25, 0.3) is 6.23 Å². The predicted octanol–water partition coefficient (Wildman–Crippen LogP) is 2.69. The molecule has 3 aromatic rings. The standard InChI is InChI=1S/C19H14ClN5O3/c20-14-9-8-13-17(22-14)16(12-5-2-1-3-6-12)23-19(18-24-21-11-25(13)18)28-15(27)7-4-10-26/h1-3,5-6,8-11,19H,4,7H2. The molecule has 0 radical (unpaired) electrons. The van der Waals surface area contributed by atoms with Crippen LogP contribution < -0.4 is 0 Å². The van der Waals surface area contributed by atoms with Gasteiger partial charge in [0.1, 0.15) is 23.5 Å². The molecule has 9 heteroatoms. The Kier molecular flexibility index (Phi) is 4.94. The van der Waals surface area contributed by atoms with Gasteiger partial charge in [-0.1, -0.05) is 41.9 Å². The molecule has 28 heavy (non-hydrogen) atoms. The average Bonchev–Trinajstić information content (AvgIpc) is 3.15. The van der Waals surface area contributed by atoms with E-state index in [9.17, 15) is 9.59 Å². The van der Waals surface area contributed by atoms with Gasteiger partial charge in [0.05, 0.1) is 17.8 Å². The second kappa shape index (κ2) is 7.69. The van der Waals surface area contributed by atoms with E-state index >= 15 is 0 Å². The lowest BCUT2D eigenvalue weighted by molar-refractivity contribution is -0.150. The van der Waals surface area contributed by atoms with Crippen LogP contribution in [0.25, 0.3) is 5.69 Å². The van der Waals surface area contributed by atoms with Crippen molar-refractivity contribution in [3.8, 4) is 5.69 Å². The molecule has 0 aliphatic carbocycles. The van der Waals surface area contributed by atoms with Crippen molar-refractivity contribution in [2.24, 2.45) is 4.99 Å². The molecule has 1 aromatic carbocycles. The van der Waals surface area contributed by atoms with Crippen molar-refractivity contribution in [1.82, 2.24) is 19.7 Å². The van der Waals surface area contributed by atoms with Crippen LogP contribution in [0, 0.1) is 0 Å². The summed E-state index contributed by atoms with van der Waals surface area (Å²) in [6.45, 7) is 0. The first-order valence-electron chi connectivity index (χ1n) is 8.51. The Labute approximate surface area is 164 Å². The summed E-state index contributed by atoms with van der Waals surface area (Å²) in [7, 11) is 0. The minimum absolute atomic E-state index is 0.0403. The van der Waals surface area contributed by atoms with Gasteiger partial charge in [-0.3, -0.25) is 9.36 Å². The van der Waals surface area contributed by atoms with Crippen LogP contribution in [0.1, 0.15) is 36.2 Å². The molecular formula is C19H14ClN5O3. The molecule has 1 atom stereocenters. The highest BCUT2D eigenvalue weighted by Crippen LogP contribution is 2.30. The third kappa shape index (κ3) is 3.41. The summed E-state index contributed by atoms with van der Waals surface area (Å²) >= 11 is 6.14. The van der Waals surface area contributed by atoms with Gasteiger partial charge in [-0.2, -0.15) is 0 Å². The number of benzene rings is 1. The minimum Gasteiger partial charge on any atom is -0.432 e. The number of esters is 1. The number of aliphatic imine (C=N–C) groups is 1. The predicted molar refractivity (Wildman–Crippen MR) is 100 cm³/mol. The second-order valence-corrected chi connectivity index (χ2v) is 6.34. The third-order valence-electron chi connectivity index (χ3n) is 4.12. The van der Waals surface area contributed by atoms with E-state index in [-0.39, 0.29) is 12.8 Å². The lowest BCUT2D eigenvalue weighted by Gasteiger charge is -2.12. The number of aldehydes is 1. The summed E-state index contributed by atoms with van der Waals surface area (Å²) < 4.78 is 7.16. The fraction of sp³-hybridized carbons (Fsp3) is 0.158. The van der Waals surface area contributed by atoms with Crippen LogP contribution in [0.15, 0.2) is 53.8 Å². The zero-order valence-electron chi connectivity index (χ0n) is 14.5. The lowest BCUT2D eigenvalue weighted by Crippen LogP contribution is -2.14. The highest BCUT2D eigenvalue weighted by Gasteiger charge is 2.30. The molecule has 0 N–H and O–H groups in total. The largest absolute Gasteiger partial charge is 0.432 e. The number of ether oxygens (including phenoxy) is 1. The Morgan fingerprint density at radius 1 is 1.21 bits per heavy atom. The normalized spacial score (nSPS) is 15.0. The highest BCUT2D eigenvalue weighted by atomic mass is 35.5. The van der Waals surface area contributed by atoms with Gasteiger partial charge in [-0.25, -0.2) is 9.98 Å². The number of rotatable bonds is 5. The monoisotopic (exact) mass is 395 g/mol. The number of hydrogen-bond acceptors (Lipinski definition) is 7. The Bertz CT molecular complexity index is 1060. The number of nitrogens with zero attached hydrogens (tertiary/aromatic N) is 5. The molecule has 3 heterocycles. The second-order valence-electron chi connectivity index (χ2n) is 5.95. The maximum absolute atomic E-state index is 12.1. The van der Waals surface area contributed by atoms with Crippen LogP contribution in [-0.4, -0.2) is 37.7 Å². The maximum atomic E-state index is 12.1. The molecule has 0 fully saturated rings. The quantitative estimate of drug-likeness (QED) is 0.374. The van der Waals surface area contributed by atoms with Crippen molar-refractivity contribution < 1.29 is 14.3 Å². The molecular weight excluding hydrogens is 382 g/mol. The molecule has 8 nitrogen and oxygen atoms in total. The first-order chi connectivity index (χ1) is 13.7. The first kappa shape index (κ1) is 18.0. The van der Waals surface area contributed by atoms with E-state index in [4.69, 9.17) is 16.3 Å². The van der Waals surface area contributed by atoms with Gasteiger partial charge in [0.15, 0.2) is 0 Å². The molecule has 140 valence electrons. The number of carbonyl (C=O) groups is 2. The Morgan fingerprint density at radius 2 is 2.04 bits per heavy atom. The van der Waals surface area contributed by atoms with E-state index in [0.717, 1.165) is 5.56 Å². The topological polar surface area (TPSA) is 99.3 Å². The van der Waals surface area contributed by atoms with E-state index in [1.54, 1.807) is 16.7 Å². The molecule has 4 rings (SSSR count). The van der Waals surface area contributed by atoms with Crippen molar-refractivity contribution >= 4 is 29.6 Å². The molecule has 1 aliphatic rings. The molecule has 0 bridgehead atoms. The highest BCUT2D eigenvalue weighted by molar-refractivity contribution is 6.30. The lowest BCUT2D eigenvalue weighted by atomic mass is 10.1. The summed E-state index contributed by atoms with van der Waals surface area (Å²) in [6.07, 6.45) is 1.16. The number of carbonyl (C=O) groups excluding carboxylic acids is 2. The van der Waals surface area contributed by atoms with Crippen molar-refractivity contribution in [2.75, 3.05) is 0 Å². The molecule has 1 aliphatic heterocycles. The smallest absolute Gasteiger partial charge is 0.308 e. The minimum atomic E-state index is -1.04. The fourth-order valence-electron chi connectivity index (χ4n) is 2.88. The van der Waals surface area contributed by atoms with Crippen LogP contribution in [-0.2, 0) is 14.3 Å². The summed E-state index contributed by atoms with van der Waals surface area (Å²) in [6, 6.07) is 12.8. The van der Waals surface area contributed by atoms with E-state index < -0.39 is 12.2 Å². The van der Waals surface area contributed by atoms with Gasteiger partial charge >= 0.3 is 5.97 Å². The summed E-state index contributed by atoms with van der Waals surface area (Å²) in [4.78, 5) is 31.8. The SMILES string of the molecule is O=CCCC(=O)OC1N=C(c2ccccc2)c2nc(Cl)ccc2-n2cnnc21. The molecule has 0 saturated heterocycles. The Morgan fingerprint density at radius 3 is 2.82 bits per heavy atom.